The van der Waals surface area contributed by atoms with Crippen LogP contribution in [0.2, 0.25) is 0 Å². The van der Waals surface area contributed by atoms with Crippen molar-refractivity contribution in [3.05, 3.63) is 35.4 Å². The number of nitrogens with zero attached hydrogens (tertiary/aromatic N) is 1. The zero-order chi connectivity index (χ0) is 14.8. The molecule has 0 heterocycles. The Hall–Kier alpha value is -1.85. The summed E-state index contributed by atoms with van der Waals surface area (Å²) in [6, 6.07) is 3.87. The van der Waals surface area contributed by atoms with Gasteiger partial charge in [0.25, 0.3) is 0 Å². The number of halogens is 3. The Morgan fingerprint density at radius 3 is 2.45 bits per heavy atom. The van der Waals surface area contributed by atoms with Crippen molar-refractivity contribution in [2.45, 2.75) is 32.4 Å². The van der Waals surface area contributed by atoms with E-state index < -0.39 is 17.7 Å². The minimum atomic E-state index is -4.41. The maximum absolute atomic E-state index is 12.4. The Bertz CT molecular complexity index is 518. The highest BCUT2D eigenvalue weighted by atomic mass is 19.4. The van der Waals surface area contributed by atoms with Crippen LogP contribution in [0.1, 0.15) is 42.1 Å². The third-order valence-corrected chi connectivity index (χ3v) is 3.41. The largest absolute Gasteiger partial charge is 0.416 e. The summed E-state index contributed by atoms with van der Waals surface area (Å²) in [5, 5.41) is 3.77. The lowest BCUT2D eigenvalue weighted by Crippen LogP contribution is -2.25. The van der Waals surface area contributed by atoms with Crippen LogP contribution in [0.15, 0.2) is 29.4 Å². The Morgan fingerprint density at radius 2 is 2.00 bits per heavy atom. The number of alkyl halides is 3. The number of oxime groups is 1. The van der Waals surface area contributed by atoms with Crippen LogP contribution in [0.25, 0.3) is 0 Å². The molecule has 1 unspecified atom stereocenters. The van der Waals surface area contributed by atoms with Gasteiger partial charge in [-0.3, -0.25) is 0 Å². The van der Waals surface area contributed by atoms with Crippen molar-refractivity contribution in [3.63, 3.8) is 0 Å². The van der Waals surface area contributed by atoms with Crippen molar-refractivity contribution < 1.29 is 22.8 Å². The molecule has 108 valence electrons. The molecule has 0 spiro atoms. The van der Waals surface area contributed by atoms with Crippen LogP contribution < -0.4 is 0 Å². The van der Waals surface area contributed by atoms with Crippen LogP contribution in [0.3, 0.4) is 0 Å². The molecule has 0 N–H and O–H groups in total. The van der Waals surface area contributed by atoms with Gasteiger partial charge in [0.05, 0.1) is 16.8 Å². The summed E-state index contributed by atoms with van der Waals surface area (Å²) in [7, 11) is 0. The van der Waals surface area contributed by atoms with Crippen molar-refractivity contribution in [3.8, 4) is 0 Å². The highest BCUT2D eigenvalue weighted by Crippen LogP contribution is 2.29. The van der Waals surface area contributed by atoms with E-state index in [-0.39, 0.29) is 5.56 Å². The SMILES string of the molecule is CCC1CC/C1=N\OC(=O)c1ccc(C(F)(F)F)cc1. The quantitative estimate of drug-likeness (QED) is 0.621. The van der Waals surface area contributed by atoms with Crippen LogP contribution in [0.4, 0.5) is 13.2 Å². The van der Waals surface area contributed by atoms with E-state index in [2.05, 4.69) is 5.16 Å². The lowest BCUT2D eigenvalue weighted by molar-refractivity contribution is -0.137. The van der Waals surface area contributed by atoms with Gasteiger partial charge in [-0.15, -0.1) is 0 Å². The number of benzene rings is 1. The summed E-state index contributed by atoms with van der Waals surface area (Å²) >= 11 is 0. The van der Waals surface area contributed by atoms with E-state index in [4.69, 9.17) is 4.84 Å². The molecule has 6 heteroatoms. The van der Waals surface area contributed by atoms with Gasteiger partial charge >= 0.3 is 12.1 Å². The van der Waals surface area contributed by atoms with Crippen LogP contribution in [-0.4, -0.2) is 11.7 Å². The Kier molecular flexibility index (Phi) is 4.11. The lowest BCUT2D eigenvalue weighted by atomic mass is 9.81. The average molecular weight is 285 g/mol. The van der Waals surface area contributed by atoms with Gasteiger partial charge < -0.3 is 4.84 Å². The second-order valence-corrected chi connectivity index (χ2v) is 4.68. The number of carbonyl (C=O) groups excluding carboxylic acids is 1. The Labute approximate surface area is 114 Å². The number of hydrogen-bond donors (Lipinski definition) is 0. The second kappa shape index (κ2) is 5.64. The molecule has 1 aromatic rings. The molecule has 0 amide bonds. The minimum Gasteiger partial charge on any atom is -0.313 e. The maximum Gasteiger partial charge on any atom is 0.416 e. The van der Waals surface area contributed by atoms with Crippen LogP contribution in [0, 0.1) is 5.92 Å². The molecule has 20 heavy (non-hydrogen) atoms. The van der Waals surface area contributed by atoms with Gasteiger partial charge in [0.2, 0.25) is 0 Å². The van der Waals surface area contributed by atoms with E-state index in [1.54, 1.807) is 0 Å². The monoisotopic (exact) mass is 285 g/mol. The molecule has 1 fully saturated rings. The molecule has 0 radical (unpaired) electrons. The maximum atomic E-state index is 12.4. The van der Waals surface area contributed by atoms with Crippen molar-refractivity contribution in [1.82, 2.24) is 0 Å². The summed E-state index contributed by atoms with van der Waals surface area (Å²) in [5.74, 6) is -0.386. The van der Waals surface area contributed by atoms with E-state index in [1.807, 2.05) is 6.92 Å². The summed E-state index contributed by atoms with van der Waals surface area (Å²) < 4.78 is 37.1. The van der Waals surface area contributed by atoms with E-state index in [9.17, 15) is 18.0 Å². The first-order chi connectivity index (χ1) is 9.41. The molecule has 1 aliphatic rings. The Balaban J connectivity index is 2.00. The third kappa shape index (κ3) is 3.18. The van der Waals surface area contributed by atoms with Gasteiger partial charge in [0.1, 0.15) is 0 Å². The van der Waals surface area contributed by atoms with Gasteiger partial charge in [0.15, 0.2) is 0 Å². The zero-order valence-corrected chi connectivity index (χ0v) is 10.9. The van der Waals surface area contributed by atoms with E-state index >= 15 is 0 Å². The first-order valence-corrected chi connectivity index (χ1v) is 6.37. The van der Waals surface area contributed by atoms with Crippen LogP contribution in [0.5, 0.6) is 0 Å². The van der Waals surface area contributed by atoms with Crippen LogP contribution >= 0.6 is 0 Å². The average Bonchev–Trinajstić information content (AvgIpc) is 2.37. The zero-order valence-electron chi connectivity index (χ0n) is 10.9. The first kappa shape index (κ1) is 14.6. The molecule has 2 rings (SSSR count). The molecule has 3 nitrogen and oxygen atoms in total. The van der Waals surface area contributed by atoms with Crippen molar-refractivity contribution >= 4 is 11.7 Å². The molecule has 0 aromatic heterocycles. The van der Waals surface area contributed by atoms with Gasteiger partial charge in [-0.1, -0.05) is 12.1 Å². The topological polar surface area (TPSA) is 38.7 Å². The highest BCUT2D eigenvalue weighted by Gasteiger charge is 2.30. The van der Waals surface area contributed by atoms with Crippen molar-refractivity contribution in [2.24, 2.45) is 11.1 Å². The van der Waals surface area contributed by atoms with E-state index in [1.165, 1.54) is 0 Å². The molecule has 1 atom stereocenters. The van der Waals surface area contributed by atoms with Gasteiger partial charge in [0, 0.05) is 5.92 Å². The predicted molar refractivity (Wildman–Crippen MR) is 67.3 cm³/mol. The molecular formula is C14H14F3NO2. The fraction of sp³-hybridized carbons (Fsp3) is 0.429. The molecular weight excluding hydrogens is 271 g/mol. The van der Waals surface area contributed by atoms with Gasteiger partial charge in [-0.05, 0) is 43.5 Å². The normalized spacial score (nSPS) is 20.6. The number of rotatable bonds is 3. The number of carbonyl (C=O) groups is 1. The van der Waals surface area contributed by atoms with Crippen molar-refractivity contribution in [1.29, 1.82) is 0 Å². The summed E-state index contributed by atoms with van der Waals surface area (Å²) in [5.41, 5.74) is 0.0906. The molecule has 1 aliphatic carbocycles. The summed E-state index contributed by atoms with van der Waals surface area (Å²) in [6.45, 7) is 2.02. The lowest BCUT2D eigenvalue weighted by Gasteiger charge is -2.25. The van der Waals surface area contributed by atoms with Crippen LogP contribution in [-0.2, 0) is 11.0 Å². The minimum absolute atomic E-state index is 0.0507. The molecule has 1 saturated carbocycles. The summed E-state index contributed by atoms with van der Waals surface area (Å²) in [6.07, 6.45) is -1.63. The van der Waals surface area contributed by atoms with E-state index in [0.717, 1.165) is 49.2 Å². The second-order valence-electron chi connectivity index (χ2n) is 4.68. The number of hydrogen-bond acceptors (Lipinski definition) is 3. The fourth-order valence-corrected chi connectivity index (χ4v) is 1.99. The predicted octanol–water partition coefficient (Wildman–Crippen LogP) is 4.04. The molecule has 0 bridgehead atoms. The van der Waals surface area contributed by atoms with Crippen molar-refractivity contribution in [2.75, 3.05) is 0 Å². The third-order valence-electron chi connectivity index (χ3n) is 3.41. The molecule has 0 saturated heterocycles. The van der Waals surface area contributed by atoms with Gasteiger partial charge in [-0.2, -0.15) is 13.2 Å². The highest BCUT2D eigenvalue weighted by molar-refractivity contribution is 5.93. The fourth-order valence-electron chi connectivity index (χ4n) is 1.99. The molecule has 0 aliphatic heterocycles. The standard InChI is InChI=1S/C14H14F3NO2/c1-2-9-5-8-12(9)18-20-13(19)10-3-6-11(7-4-10)14(15,16)17/h3-4,6-7,9H,2,5,8H2,1H3/b18-12+. The van der Waals surface area contributed by atoms with Gasteiger partial charge in [-0.25, -0.2) is 4.79 Å². The summed E-state index contributed by atoms with van der Waals surface area (Å²) in [4.78, 5) is 16.4. The molecule has 1 aromatic carbocycles. The van der Waals surface area contributed by atoms with E-state index in [0.29, 0.717) is 5.92 Å². The smallest absolute Gasteiger partial charge is 0.313 e. The first-order valence-electron chi connectivity index (χ1n) is 6.37. The Morgan fingerprint density at radius 1 is 1.35 bits per heavy atom.